The maximum atomic E-state index is 12.1. The van der Waals surface area contributed by atoms with Crippen molar-refractivity contribution in [3.8, 4) is 6.07 Å². The number of carbonyl (C=O) groups excluding carboxylic acids is 1. The van der Waals surface area contributed by atoms with Gasteiger partial charge in [0.15, 0.2) is 5.11 Å². The van der Waals surface area contributed by atoms with Crippen molar-refractivity contribution in [1.82, 2.24) is 10.6 Å². The summed E-state index contributed by atoms with van der Waals surface area (Å²) in [5.41, 5.74) is 1.72. The van der Waals surface area contributed by atoms with E-state index in [0.29, 0.717) is 17.0 Å². The van der Waals surface area contributed by atoms with Crippen LogP contribution in [-0.2, 0) is 17.6 Å². The molecule has 1 amide bonds. The highest BCUT2D eigenvalue weighted by Crippen LogP contribution is 2.37. The van der Waals surface area contributed by atoms with Crippen LogP contribution in [0.5, 0.6) is 0 Å². The minimum atomic E-state index is -1.80. The highest BCUT2D eigenvalue weighted by molar-refractivity contribution is 7.80. The Labute approximate surface area is 183 Å². The number of nitriles is 1. The van der Waals surface area contributed by atoms with Crippen LogP contribution in [0.3, 0.4) is 0 Å². The van der Waals surface area contributed by atoms with Crippen LogP contribution in [0.4, 0.5) is 5.00 Å². The van der Waals surface area contributed by atoms with Gasteiger partial charge in [-0.3, -0.25) is 4.79 Å². The fraction of sp³-hybridized carbons (Fsp3) is 0.588. The second-order valence-corrected chi connectivity index (χ2v) is 10.6. The van der Waals surface area contributed by atoms with E-state index >= 15 is 0 Å². The summed E-state index contributed by atoms with van der Waals surface area (Å²) in [6.07, 6.45) is 3.37. The van der Waals surface area contributed by atoms with E-state index in [4.69, 9.17) is 47.0 Å². The van der Waals surface area contributed by atoms with E-state index in [9.17, 15) is 10.1 Å². The number of aryl methyl sites for hydroxylation is 1. The summed E-state index contributed by atoms with van der Waals surface area (Å²) in [6.45, 7) is 3.84. The van der Waals surface area contributed by atoms with Crippen molar-refractivity contribution in [3.63, 3.8) is 0 Å². The van der Waals surface area contributed by atoms with Crippen molar-refractivity contribution in [2.45, 2.75) is 55.9 Å². The molecule has 0 saturated heterocycles. The average Bonchev–Trinajstić information content (AvgIpc) is 2.89. The zero-order chi connectivity index (χ0) is 20.2. The van der Waals surface area contributed by atoms with Crippen molar-refractivity contribution >= 4 is 74.4 Å². The fourth-order valence-corrected chi connectivity index (χ4v) is 4.69. The van der Waals surface area contributed by atoms with Crippen LogP contribution in [0.1, 0.15) is 49.1 Å². The van der Waals surface area contributed by atoms with Gasteiger partial charge in [-0.05, 0) is 49.4 Å². The van der Waals surface area contributed by atoms with Crippen LogP contribution in [0.25, 0.3) is 0 Å². The number of hydrogen-bond donors (Lipinski definition) is 3. The molecule has 0 fully saturated rings. The van der Waals surface area contributed by atoms with E-state index in [1.165, 1.54) is 16.2 Å². The van der Waals surface area contributed by atoms with Gasteiger partial charge in [0.05, 0.1) is 5.56 Å². The molecule has 0 aromatic carbocycles. The second-order valence-electron chi connectivity index (χ2n) is 6.77. The number of halogens is 3. The van der Waals surface area contributed by atoms with Crippen LogP contribution in [-0.4, -0.2) is 21.0 Å². The molecule has 1 aliphatic rings. The maximum Gasteiger partial charge on any atom is 0.228 e. The molecule has 0 bridgehead atoms. The largest absolute Gasteiger partial charge is 0.339 e. The Balaban J connectivity index is 2.09. The number of anilines is 1. The molecule has 27 heavy (non-hydrogen) atoms. The molecular formula is C17H21Cl3N4OS2. The number of nitrogens with one attached hydrogen (secondary N) is 3. The number of hydrogen-bond acceptors (Lipinski definition) is 4. The minimum Gasteiger partial charge on any atom is -0.339 e. The van der Waals surface area contributed by atoms with Crippen LogP contribution >= 0.6 is 58.4 Å². The number of fused-ring (bicyclic) bond motifs is 1. The van der Waals surface area contributed by atoms with E-state index in [2.05, 4.69) is 22.0 Å². The SMILES string of the molecule is CC(C)CC(=O)N[C@H](NC(=S)Nc1sc2c(c1C#N)CCCC2)C(Cl)(Cl)Cl. The Morgan fingerprint density at radius 2 is 1.96 bits per heavy atom. The molecule has 0 spiro atoms. The van der Waals surface area contributed by atoms with Gasteiger partial charge in [0.2, 0.25) is 9.70 Å². The Bertz CT molecular complexity index is 753. The van der Waals surface area contributed by atoms with E-state index in [-0.39, 0.29) is 16.9 Å². The van der Waals surface area contributed by atoms with Gasteiger partial charge in [-0.15, -0.1) is 11.3 Å². The first kappa shape index (κ1) is 22.5. The Hall–Kier alpha value is -0.780. The Morgan fingerprint density at radius 3 is 2.56 bits per heavy atom. The van der Waals surface area contributed by atoms with E-state index in [0.717, 1.165) is 31.2 Å². The van der Waals surface area contributed by atoms with Gasteiger partial charge >= 0.3 is 0 Å². The standard InChI is InChI=1S/C17H21Cl3N4OS2/c1-9(2)7-13(25)22-15(17(18,19)20)24-16(26)23-14-11(8-21)10-5-3-4-6-12(10)27-14/h9,15H,3-7H2,1-2H3,(H,22,25)(H2,23,24,26)/t15-/m1/s1. The average molecular weight is 468 g/mol. The molecule has 2 rings (SSSR count). The predicted molar refractivity (Wildman–Crippen MR) is 117 cm³/mol. The lowest BCUT2D eigenvalue weighted by molar-refractivity contribution is -0.122. The zero-order valence-electron chi connectivity index (χ0n) is 15.0. The maximum absolute atomic E-state index is 12.1. The van der Waals surface area contributed by atoms with Crippen molar-refractivity contribution < 1.29 is 4.79 Å². The lowest BCUT2D eigenvalue weighted by atomic mass is 9.96. The Kier molecular flexibility index (Phi) is 8.02. The lowest BCUT2D eigenvalue weighted by Gasteiger charge is -2.28. The van der Waals surface area contributed by atoms with Crippen molar-refractivity contribution in [2.75, 3.05) is 5.32 Å². The first-order valence-electron chi connectivity index (χ1n) is 8.60. The molecule has 1 aromatic rings. The molecule has 0 aliphatic heterocycles. The fourth-order valence-electron chi connectivity index (χ4n) is 2.83. The Morgan fingerprint density at radius 1 is 1.30 bits per heavy atom. The van der Waals surface area contributed by atoms with E-state index in [1.807, 2.05) is 13.8 Å². The molecule has 0 radical (unpaired) electrons. The highest BCUT2D eigenvalue weighted by Gasteiger charge is 2.35. The normalized spacial score (nSPS) is 14.9. The number of rotatable bonds is 5. The summed E-state index contributed by atoms with van der Waals surface area (Å²) in [4.78, 5) is 13.3. The molecule has 1 aromatic heterocycles. The van der Waals surface area contributed by atoms with Gasteiger partial charge in [-0.2, -0.15) is 5.26 Å². The molecule has 1 aliphatic carbocycles. The number of thiocarbonyl (C=S) groups is 1. The molecule has 10 heteroatoms. The van der Waals surface area contributed by atoms with Crippen molar-refractivity contribution in [1.29, 1.82) is 5.26 Å². The third-order valence-electron chi connectivity index (χ3n) is 4.01. The van der Waals surface area contributed by atoms with Crippen molar-refractivity contribution in [2.24, 2.45) is 5.92 Å². The van der Waals surface area contributed by atoms with Crippen LogP contribution in [0.15, 0.2) is 0 Å². The molecule has 148 valence electrons. The third kappa shape index (κ3) is 6.37. The number of thiophene rings is 1. The van der Waals surface area contributed by atoms with Crippen molar-refractivity contribution in [3.05, 3.63) is 16.0 Å². The molecule has 0 unspecified atom stereocenters. The summed E-state index contributed by atoms with van der Waals surface area (Å²) >= 11 is 24.8. The smallest absolute Gasteiger partial charge is 0.228 e. The topological polar surface area (TPSA) is 77.0 Å². The summed E-state index contributed by atoms with van der Waals surface area (Å²) in [7, 11) is 0. The van der Waals surface area contributed by atoms with Gasteiger partial charge in [0, 0.05) is 11.3 Å². The molecule has 5 nitrogen and oxygen atoms in total. The predicted octanol–water partition coefficient (Wildman–Crippen LogP) is 4.64. The second kappa shape index (κ2) is 9.62. The lowest BCUT2D eigenvalue weighted by Crippen LogP contribution is -2.56. The van der Waals surface area contributed by atoms with Crippen LogP contribution in [0.2, 0.25) is 0 Å². The van der Waals surface area contributed by atoms with E-state index < -0.39 is 9.96 Å². The molecule has 3 N–H and O–H groups in total. The summed E-state index contributed by atoms with van der Waals surface area (Å²) in [5, 5.41) is 18.9. The quantitative estimate of drug-likeness (QED) is 0.334. The summed E-state index contributed by atoms with van der Waals surface area (Å²) < 4.78 is -1.80. The van der Waals surface area contributed by atoms with Crippen LogP contribution in [0, 0.1) is 17.2 Å². The molecule has 1 heterocycles. The van der Waals surface area contributed by atoms with Gasteiger partial charge in [-0.1, -0.05) is 48.7 Å². The van der Waals surface area contributed by atoms with Crippen LogP contribution < -0.4 is 16.0 Å². The van der Waals surface area contributed by atoms with Gasteiger partial charge in [-0.25, -0.2) is 0 Å². The number of alkyl halides is 3. The number of amides is 1. The summed E-state index contributed by atoms with van der Waals surface area (Å²) in [6, 6.07) is 2.26. The van der Waals surface area contributed by atoms with Gasteiger partial charge < -0.3 is 16.0 Å². The first-order valence-corrected chi connectivity index (χ1v) is 11.0. The van der Waals surface area contributed by atoms with Gasteiger partial charge in [0.25, 0.3) is 0 Å². The number of carbonyl (C=O) groups is 1. The highest BCUT2D eigenvalue weighted by atomic mass is 35.6. The van der Waals surface area contributed by atoms with Gasteiger partial charge in [0.1, 0.15) is 17.2 Å². The molecule has 0 saturated carbocycles. The van der Waals surface area contributed by atoms with E-state index in [1.54, 1.807) is 0 Å². The number of nitrogens with zero attached hydrogens (tertiary/aromatic N) is 1. The monoisotopic (exact) mass is 466 g/mol. The summed E-state index contributed by atoms with van der Waals surface area (Å²) in [5.74, 6) is -0.0809. The first-order chi connectivity index (χ1) is 12.6. The molecule has 1 atom stereocenters. The third-order valence-corrected chi connectivity index (χ3v) is 6.09. The molecular weight excluding hydrogens is 447 g/mol. The minimum absolute atomic E-state index is 0.168. The zero-order valence-corrected chi connectivity index (χ0v) is 18.9.